The maximum Gasteiger partial charge on any atom is 0.491 e. The largest absolute Gasteiger partial charge is 0.491 e. The summed E-state index contributed by atoms with van der Waals surface area (Å²) < 4.78 is 5.10. The minimum Gasteiger partial charge on any atom is -0.423 e. The highest BCUT2D eigenvalue weighted by atomic mass is 16.5. The lowest BCUT2D eigenvalue weighted by Gasteiger charge is -2.07. The van der Waals surface area contributed by atoms with Gasteiger partial charge in [0.25, 0.3) is 5.91 Å². The van der Waals surface area contributed by atoms with Crippen LogP contribution >= 0.6 is 0 Å². The van der Waals surface area contributed by atoms with Gasteiger partial charge in [-0.15, -0.1) is 0 Å². The third kappa shape index (κ3) is 2.72. The first kappa shape index (κ1) is 13.5. The van der Waals surface area contributed by atoms with E-state index in [4.69, 9.17) is 4.65 Å². The van der Waals surface area contributed by atoms with Crippen molar-refractivity contribution in [3.05, 3.63) is 59.2 Å². The van der Waals surface area contributed by atoms with Gasteiger partial charge in [0.15, 0.2) is 0 Å². The number of carbonyl (C=O) groups excluding carboxylic acids is 2. The van der Waals surface area contributed by atoms with E-state index in [1.807, 2.05) is 0 Å². The number of hydrogen-bond donors (Lipinski definition) is 2. The smallest absolute Gasteiger partial charge is 0.423 e. The number of carbonyl (C=O) groups is 2. The Labute approximate surface area is 121 Å². The zero-order valence-corrected chi connectivity index (χ0v) is 11.1. The van der Waals surface area contributed by atoms with Gasteiger partial charge in [0.05, 0.1) is 6.61 Å². The maximum atomic E-state index is 12.1. The fourth-order valence-electron chi connectivity index (χ4n) is 2.22. The fraction of sp³-hybridized carbons (Fsp3) is 0.0667. The molecule has 1 aliphatic heterocycles. The molecule has 0 saturated heterocycles. The lowest BCUT2D eigenvalue weighted by Crippen LogP contribution is -2.27. The highest BCUT2D eigenvalue weighted by Crippen LogP contribution is 2.16. The van der Waals surface area contributed by atoms with Gasteiger partial charge in [0.2, 0.25) is 0 Å². The van der Waals surface area contributed by atoms with E-state index in [0.29, 0.717) is 23.4 Å². The molecule has 2 N–H and O–H groups in total. The Balaban J connectivity index is 1.76. The lowest BCUT2D eigenvalue weighted by molar-refractivity contribution is 0.102. The van der Waals surface area contributed by atoms with E-state index in [9.17, 15) is 14.6 Å². The molecule has 0 saturated carbocycles. The third-order valence-electron chi connectivity index (χ3n) is 3.37. The van der Waals surface area contributed by atoms with Gasteiger partial charge in [-0.1, -0.05) is 18.2 Å². The molecule has 1 amide bonds. The van der Waals surface area contributed by atoms with Crippen LogP contribution in [0.3, 0.4) is 0 Å². The number of rotatable bonds is 3. The summed E-state index contributed by atoms with van der Waals surface area (Å²) in [6, 6.07) is 11.6. The normalized spacial score (nSPS) is 12.9. The van der Waals surface area contributed by atoms with Crippen LogP contribution in [0.25, 0.3) is 0 Å². The Kier molecular flexibility index (Phi) is 3.56. The molecule has 21 heavy (non-hydrogen) atoms. The van der Waals surface area contributed by atoms with Gasteiger partial charge in [-0.3, -0.25) is 9.59 Å². The minimum absolute atomic E-state index is 0.258. The van der Waals surface area contributed by atoms with Crippen molar-refractivity contribution in [3.63, 3.8) is 0 Å². The molecule has 0 aliphatic carbocycles. The summed E-state index contributed by atoms with van der Waals surface area (Å²) in [6.45, 7) is 0.328. The summed E-state index contributed by atoms with van der Waals surface area (Å²) in [7, 11) is -0.888. The maximum absolute atomic E-state index is 12.1. The van der Waals surface area contributed by atoms with Gasteiger partial charge < -0.3 is 15.0 Å². The number of aldehydes is 1. The van der Waals surface area contributed by atoms with Gasteiger partial charge in [-0.25, -0.2) is 0 Å². The van der Waals surface area contributed by atoms with E-state index in [2.05, 4.69) is 5.32 Å². The Morgan fingerprint density at radius 1 is 1.24 bits per heavy atom. The molecule has 104 valence electrons. The molecule has 6 heteroatoms. The zero-order valence-electron chi connectivity index (χ0n) is 11.1. The van der Waals surface area contributed by atoms with Crippen LogP contribution in [0.15, 0.2) is 42.5 Å². The van der Waals surface area contributed by atoms with Crippen molar-refractivity contribution in [3.8, 4) is 0 Å². The van der Waals surface area contributed by atoms with E-state index < -0.39 is 7.12 Å². The molecule has 0 bridgehead atoms. The molecule has 0 atom stereocenters. The van der Waals surface area contributed by atoms with Gasteiger partial charge in [-0.2, -0.15) is 0 Å². The Bertz CT molecular complexity index is 699. The zero-order chi connectivity index (χ0) is 14.8. The summed E-state index contributed by atoms with van der Waals surface area (Å²) >= 11 is 0. The second-order valence-electron chi connectivity index (χ2n) is 4.77. The molecular weight excluding hydrogens is 269 g/mol. The quantitative estimate of drug-likeness (QED) is 0.649. The average Bonchev–Trinajstić information content (AvgIpc) is 2.88. The molecule has 0 spiro atoms. The predicted octanol–water partition coefficient (Wildman–Crippen LogP) is 0.969. The lowest BCUT2D eigenvalue weighted by atomic mass is 9.79. The number of anilines is 1. The van der Waals surface area contributed by atoms with Crippen LogP contribution in [0.2, 0.25) is 0 Å². The predicted molar refractivity (Wildman–Crippen MR) is 78.6 cm³/mol. The molecule has 2 aromatic rings. The highest BCUT2D eigenvalue weighted by Gasteiger charge is 2.27. The summed E-state index contributed by atoms with van der Waals surface area (Å²) in [5, 5.41) is 12.3. The van der Waals surface area contributed by atoms with Crippen LogP contribution in [0.1, 0.15) is 26.3 Å². The van der Waals surface area contributed by atoms with Crippen molar-refractivity contribution in [2.24, 2.45) is 0 Å². The van der Waals surface area contributed by atoms with Gasteiger partial charge in [-0.05, 0) is 35.3 Å². The summed E-state index contributed by atoms with van der Waals surface area (Å²) in [6.07, 6.45) is 0.730. The molecule has 3 rings (SSSR count). The van der Waals surface area contributed by atoms with Crippen molar-refractivity contribution in [1.82, 2.24) is 0 Å². The molecule has 5 nitrogen and oxygen atoms in total. The van der Waals surface area contributed by atoms with Gasteiger partial charge in [0.1, 0.15) is 6.29 Å². The number of amides is 1. The molecule has 1 aliphatic rings. The second kappa shape index (κ2) is 5.51. The van der Waals surface area contributed by atoms with Crippen LogP contribution in [0.5, 0.6) is 0 Å². The average molecular weight is 281 g/mol. The molecule has 0 radical (unpaired) electrons. The first-order valence-electron chi connectivity index (χ1n) is 6.46. The Morgan fingerprint density at radius 2 is 2.00 bits per heavy atom. The van der Waals surface area contributed by atoms with Crippen molar-refractivity contribution < 1.29 is 19.3 Å². The molecule has 1 heterocycles. The molecular formula is C15H12BNO4. The number of fused-ring (bicyclic) bond motifs is 1. The van der Waals surface area contributed by atoms with Gasteiger partial charge in [0, 0.05) is 16.8 Å². The SMILES string of the molecule is O=Cc1ccc(C(=O)Nc2ccc3c(c2)COB3O)cc1. The van der Waals surface area contributed by atoms with Crippen LogP contribution < -0.4 is 10.8 Å². The second-order valence-corrected chi connectivity index (χ2v) is 4.77. The summed E-state index contributed by atoms with van der Waals surface area (Å²) in [5.41, 5.74) is 3.21. The summed E-state index contributed by atoms with van der Waals surface area (Å²) in [5.74, 6) is -0.258. The van der Waals surface area contributed by atoms with Crippen molar-refractivity contribution in [2.45, 2.75) is 6.61 Å². The molecule has 0 aromatic heterocycles. The van der Waals surface area contributed by atoms with Crippen LogP contribution in [-0.2, 0) is 11.3 Å². The van der Waals surface area contributed by atoms with Crippen LogP contribution in [0, 0.1) is 0 Å². The third-order valence-corrected chi connectivity index (χ3v) is 3.37. The van der Waals surface area contributed by atoms with Crippen LogP contribution in [-0.4, -0.2) is 24.3 Å². The van der Waals surface area contributed by atoms with Crippen LogP contribution in [0.4, 0.5) is 5.69 Å². The highest BCUT2D eigenvalue weighted by molar-refractivity contribution is 6.61. The monoisotopic (exact) mass is 281 g/mol. The van der Waals surface area contributed by atoms with E-state index in [1.165, 1.54) is 0 Å². The summed E-state index contributed by atoms with van der Waals surface area (Å²) in [4.78, 5) is 22.7. The number of benzene rings is 2. The van der Waals surface area contributed by atoms with E-state index in [1.54, 1.807) is 42.5 Å². The van der Waals surface area contributed by atoms with Crippen molar-refractivity contribution in [2.75, 3.05) is 5.32 Å². The number of hydrogen-bond acceptors (Lipinski definition) is 4. The molecule has 0 fully saturated rings. The number of nitrogens with one attached hydrogen (secondary N) is 1. The Hall–Kier alpha value is -2.44. The van der Waals surface area contributed by atoms with Crippen molar-refractivity contribution in [1.29, 1.82) is 0 Å². The first-order valence-corrected chi connectivity index (χ1v) is 6.46. The van der Waals surface area contributed by atoms with Crippen molar-refractivity contribution >= 4 is 30.5 Å². The fourth-order valence-corrected chi connectivity index (χ4v) is 2.22. The Morgan fingerprint density at radius 3 is 2.71 bits per heavy atom. The van der Waals surface area contributed by atoms with E-state index >= 15 is 0 Å². The minimum atomic E-state index is -0.888. The standard InChI is InChI=1S/C15H12BNO4/c18-8-10-1-3-11(4-2-10)15(19)17-13-5-6-14-12(7-13)9-21-16(14)20/h1-8,20H,9H2,(H,17,19). The van der Waals surface area contributed by atoms with E-state index in [-0.39, 0.29) is 5.91 Å². The van der Waals surface area contributed by atoms with Gasteiger partial charge >= 0.3 is 7.12 Å². The van der Waals surface area contributed by atoms with E-state index in [0.717, 1.165) is 17.3 Å². The molecule has 0 unspecified atom stereocenters. The first-order chi connectivity index (χ1) is 10.2. The molecule has 2 aromatic carbocycles. The topological polar surface area (TPSA) is 75.6 Å².